The molecule has 4 nitrogen and oxygen atoms in total. The zero-order valence-corrected chi connectivity index (χ0v) is 18.9. The summed E-state index contributed by atoms with van der Waals surface area (Å²) in [6.07, 6.45) is 1.10. The van der Waals surface area contributed by atoms with Crippen molar-refractivity contribution in [1.82, 2.24) is 5.32 Å². The summed E-state index contributed by atoms with van der Waals surface area (Å²) in [4.78, 5) is 14.6. The van der Waals surface area contributed by atoms with Gasteiger partial charge in [-0.15, -0.1) is 0 Å². The van der Waals surface area contributed by atoms with Crippen molar-refractivity contribution < 1.29 is 9.53 Å². The molecule has 1 fully saturated rings. The van der Waals surface area contributed by atoms with E-state index in [0.717, 1.165) is 25.2 Å². The minimum atomic E-state index is -0.482. The summed E-state index contributed by atoms with van der Waals surface area (Å²) >= 11 is 0. The SMILES string of the molecule is C[C@@H](NC1CCN(c2ccc(C(=O)OC(C)(C)C)cc2)C1)c1cccc2ccccc12. The molecular weight excluding hydrogens is 384 g/mol. The minimum Gasteiger partial charge on any atom is -0.456 e. The van der Waals surface area contributed by atoms with Crippen molar-refractivity contribution in [3.63, 3.8) is 0 Å². The summed E-state index contributed by atoms with van der Waals surface area (Å²) in [5.41, 5.74) is 2.61. The number of carbonyl (C=O) groups is 1. The first-order chi connectivity index (χ1) is 14.8. The van der Waals surface area contributed by atoms with Crippen LogP contribution in [-0.4, -0.2) is 30.7 Å². The molecule has 0 saturated carbocycles. The Morgan fingerprint density at radius 3 is 2.48 bits per heavy atom. The van der Waals surface area contributed by atoms with Gasteiger partial charge in [0.15, 0.2) is 0 Å². The smallest absolute Gasteiger partial charge is 0.338 e. The number of carbonyl (C=O) groups excluding carboxylic acids is 1. The number of anilines is 1. The van der Waals surface area contributed by atoms with Crippen LogP contribution in [0.1, 0.15) is 56.1 Å². The number of rotatable bonds is 5. The summed E-state index contributed by atoms with van der Waals surface area (Å²) in [5.74, 6) is -0.274. The Bertz CT molecular complexity index is 1050. The molecule has 1 saturated heterocycles. The maximum absolute atomic E-state index is 12.2. The Balaban J connectivity index is 1.38. The van der Waals surface area contributed by atoms with Gasteiger partial charge in [0.05, 0.1) is 5.56 Å². The second-order valence-electron chi connectivity index (χ2n) is 9.44. The number of fused-ring (bicyclic) bond motifs is 1. The van der Waals surface area contributed by atoms with E-state index < -0.39 is 5.60 Å². The van der Waals surface area contributed by atoms with Crippen molar-refractivity contribution in [2.45, 2.75) is 51.8 Å². The maximum atomic E-state index is 12.2. The second kappa shape index (κ2) is 8.72. The molecule has 0 bridgehead atoms. The lowest BCUT2D eigenvalue weighted by atomic mass is 9.99. The van der Waals surface area contributed by atoms with Crippen LogP contribution >= 0.6 is 0 Å². The largest absolute Gasteiger partial charge is 0.456 e. The summed E-state index contributed by atoms with van der Waals surface area (Å²) in [5, 5.41) is 6.43. The third-order valence-corrected chi connectivity index (χ3v) is 5.83. The van der Waals surface area contributed by atoms with Crippen LogP contribution in [0.25, 0.3) is 10.8 Å². The van der Waals surface area contributed by atoms with Gasteiger partial charge in [-0.1, -0.05) is 42.5 Å². The van der Waals surface area contributed by atoms with Crippen LogP contribution in [0.4, 0.5) is 5.69 Å². The summed E-state index contributed by atoms with van der Waals surface area (Å²) < 4.78 is 5.46. The van der Waals surface area contributed by atoms with Crippen molar-refractivity contribution in [3.8, 4) is 0 Å². The van der Waals surface area contributed by atoms with Gasteiger partial charge >= 0.3 is 5.97 Å². The predicted octanol–water partition coefficient (Wildman–Crippen LogP) is 5.72. The Morgan fingerprint density at radius 2 is 1.74 bits per heavy atom. The number of nitrogens with zero attached hydrogens (tertiary/aromatic N) is 1. The second-order valence-corrected chi connectivity index (χ2v) is 9.44. The quantitative estimate of drug-likeness (QED) is 0.540. The Labute approximate surface area is 185 Å². The third-order valence-electron chi connectivity index (χ3n) is 5.83. The van der Waals surface area contributed by atoms with Gasteiger partial charge in [-0.3, -0.25) is 0 Å². The fraction of sp³-hybridized carbons (Fsp3) is 0.370. The molecule has 0 aliphatic carbocycles. The molecule has 0 radical (unpaired) electrons. The van der Waals surface area contributed by atoms with Crippen molar-refractivity contribution in [1.29, 1.82) is 0 Å². The Hall–Kier alpha value is -2.85. The van der Waals surface area contributed by atoms with Crippen LogP contribution in [0, 0.1) is 0 Å². The standard InChI is InChI=1S/C27H32N2O2/c1-19(24-11-7-9-20-8-5-6-10-25(20)24)28-22-16-17-29(18-22)23-14-12-21(13-15-23)26(30)31-27(2,3)4/h5-15,19,22,28H,16-18H2,1-4H3/t19-,22?/m1/s1. The molecule has 3 aromatic rings. The molecular formula is C27H32N2O2. The Kier molecular flexibility index (Phi) is 6.01. The lowest BCUT2D eigenvalue weighted by Gasteiger charge is -2.23. The number of hydrogen-bond acceptors (Lipinski definition) is 4. The molecule has 0 spiro atoms. The van der Waals surface area contributed by atoms with E-state index in [1.54, 1.807) is 0 Å². The highest BCUT2D eigenvalue weighted by atomic mass is 16.6. The normalized spacial score (nSPS) is 17.7. The average molecular weight is 417 g/mol. The maximum Gasteiger partial charge on any atom is 0.338 e. The molecule has 1 aliphatic rings. The van der Waals surface area contributed by atoms with Crippen LogP contribution in [0.5, 0.6) is 0 Å². The number of hydrogen-bond donors (Lipinski definition) is 1. The number of nitrogens with one attached hydrogen (secondary N) is 1. The monoisotopic (exact) mass is 416 g/mol. The molecule has 1 N–H and O–H groups in total. The first-order valence-corrected chi connectivity index (χ1v) is 11.1. The summed E-state index contributed by atoms with van der Waals surface area (Å²) in [7, 11) is 0. The van der Waals surface area contributed by atoms with E-state index in [-0.39, 0.29) is 12.0 Å². The molecule has 3 aromatic carbocycles. The van der Waals surface area contributed by atoms with E-state index in [9.17, 15) is 4.79 Å². The van der Waals surface area contributed by atoms with Crippen molar-refractivity contribution in [2.75, 3.05) is 18.0 Å². The number of ether oxygens (including phenoxy) is 1. The van der Waals surface area contributed by atoms with Crippen LogP contribution in [0.3, 0.4) is 0 Å². The van der Waals surface area contributed by atoms with Crippen LogP contribution in [0.15, 0.2) is 66.7 Å². The fourth-order valence-electron chi connectivity index (χ4n) is 4.35. The van der Waals surface area contributed by atoms with Gasteiger partial charge in [0.1, 0.15) is 5.60 Å². The van der Waals surface area contributed by atoms with Crippen molar-refractivity contribution in [3.05, 3.63) is 77.9 Å². The third kappa shape index (κ3) is 5.08. The molecule has 1 aliphatic heterocycles. The highest BCUT2D eigenvalue weighted by Gasteiger charge is 2.25. The van der Waals surface area contributed by atoms with Gasteiger partial charge < -0.3 is 15.0 Å². The lowest BCUT2D eigenvalue weighted by Crippen LogP contribution is -2.34. The molecule has 31 heavy (non-hydrogen) atoms. The van der Waals surface area contributed by atoms with Gasteiger partial charge in [0.2, 0.25) is 0 Å². The van der Waals surface area contributed by atoms with Crippen molar-refractivity contribution in [2.24, 2.45) is 0 Å². The van der Waals surface area contributed by atoms with E-state index in [2.05, 4.69) is 59.6 Å². The Morgan fingerprint density at radius 1 is 1.03 bits per heavy atom. The molecule has 4 heteroatoms. The van der Waals surface area contributed by atoms with Crippen LogP contribution in [-0.2, 0) is 4.74 Å². The van der Waals surface area contributed by atoms with Gasteiger partial charge in [0, 0.05) is 30.9 Å². The zero-order valence-electron chi connectivity index (χ0n) is 18.9. The topological polar surface area (TPSA) is 41.6 Å². The molecule has 1 heterocycles. The molecule has 162 valence electrons. The first-order valence-electron chi connectivity index (χ1n) is 11.1. The molecule has 4 rings (SSSR count). The molecule has 0 amide bonds. The van der Waals surface area contributed by atoms with Crippen LogP contribution in [0.2, 0.25) is 0 Å². The molecule has 2 atom stereocenters. The highest BCUT2D eigenvalue weighted by molar-refractivity contribution is 5.90. The average Bonchev–Trinajstić information content (AvgIpc) is 3.20. The highest BCUT2D eigenvalue weighted by Crippen LogP contribution is 2.27. The number of benzene rings is 3. The van der Waals surface area contributed by atoms with Crippen molar-refractivity contribution >= 4 is 22.4 Å². The predicted molar refractivity (Wildman–Crippen MR) is 128 cm³/mol. The van der Waals surface area contributed by atoms with Gasteiger partial charge in [-0.05, 0) is 74.7 Å². The summed E-state index contributed by atoms with van der Waals surface area (Å²) in [6, 6.07) is 23.6. The van der Waals surface area contributed by atoms with Gasteiger partial charge in [-0.2, -0.15) is 0 Å². The fourth-order valence-corrected chi connectivity index (χ4v) is 4.35. The van der Waals surface area contributed by atoms with Gasteiger partial charge in [-0.25, -0.2) is 4.79 Å². The summed E-state index contributed by atoms with van der Waals surface area (Å²) in [6.45, 7) is 9.87. The van der Waals surface area contributed by atoms with Crippen LogP contribution < -0.4 is 10.2 Å². The zero-order chi connectivity index (χ0) is 22.0. The van der Waals surface area contributed by atoms with Gasteiger partial charge in [0.25, 0.3) is 0 Å². The van der Waals surface area contributed by atoms with E-state index in [4.69, 9.17) is 4.74 Å². The van der Waals surface area contributed by atoms with E-state index in [1.165, 1.54) is 16.3 Å². The molecule has 0 aromatic heterocycles. The van der Waals surface area contributed by atoms with E-state index >= 15 is 0 Å². The lowest BCUT2D eigenvalue weighted by molar-refractivity contribution is 0.00695. The molecule has 1 unspecified atom stereocenters. The van der Waals surface area contributed by atoms with E-state index in [1.807, 2.05) is 45.0 Å². The minimum absolute atomic E-state index is 0.274. The van der Waals surface area contributed by atoms with E-state index in [0.29, 0.717) is 11.6 Å². The number of esters is 1. The first kappa shape index (κ1) is 21.4.